The first kappa shape index (κ1) is 20.7. The van der Waals surface area contributed by atoms with Crippen molar-refractivity contribution in [2.24, 2.45) is 0 Å². The summed E-state index contributed by atoms with van der Waals surface area (Å²) in [6.07, 6.45) is 0. The van der Waals surface area contributed by atoms with Crippen LogP contribution in [0.2, 0.25) is 0 Å². The van der Waals surface area contributed by atoms with Crippen molar-refractivity contribution in [3.05, 3.63) is 120 Å². The van der Waals surface area contributed by atoms with Crippen LogP contribution in [0.15, 0.2) is 109 Å². The molecule has 37 heavy (non-hydrogen) atoms. The van der Waals surface area contributed by atoms with Crippen LogP contribution in [-0.4, -0.2) is 6.71 Å². The van der Waals surface area contributed by atoms with Crippen molar-refractivity contribution in [2.45, 2.75) is 19.3 Å². The second kappa shape index (κ2) is 7.30. The minimum atomic E-state index is -0.109. The number of anilines is 3. The number of fused-ring (bicyclic) bond motifs is 6. The van der Waals surface area contributed by atoms with E-state index in [9.17, 15) is 0 Å². The molecule has 3 aliphatic rings. The first-order valence-electron chi connectivity index (χ1n) is 12.8. The summed E-state index contributed by atoms with van der Waals surface area (Å²) in [5.74, 6) is 3.51. The quantitative estimate of drug-likeness (QED) is 0.251. The molecule has 5 aromatic carbocycles. The van der Waals surface area contributed by atoms with Crippen molar-refractivity contribution < 1.29 is 9.47 Å². The van der Waals surface area contributed by atoms with Crippen molar-refractivity contribution in [3.8, 4) is 23.0 Å². The molecule has 0 fully saturated rings. The lowest BCUT2D eigenvalue weighted by Gasteiger charge is -2.42. The van der Waals surface area contributed by atoms with Gasteiger partial charge in [-0.15, -0.1) is 0 Å². The number of hydrogen-bond donors (Lipinski definition) is 0. The van der Waals surface area contributed by atoms with Crippen molar-refractivity contribution in [1.29, 1.82) is 0 Å². The Bertz CT molecular complexity index is 1620. The molecule has 0 N–H and O–H groups in total. The van der Waals surface area contributed by atoms with E-state index in [2.05, 4.69) is 116 Å². The van der Waals surface area contributed by atoms with E-state index in [1.165, 1.54) is 33.4 Å². The lowest BCUT2D eigenvalue weighted by atomic mass is 9.35. The molecule has 0 bridgehead atoms. The molecule has 0 unspecified atom stereocenters. The predicted octanol–water partition coefficient (Wildman–Crippen LogP) is 6.52. The minimum absolute atomic E-state index is 0.0776. The molecule has 0 atom stereocenters. The standard InChI is InChI=1S/C33H24BNO2/c1-33(2)22-11-3-7-15-26(22)35(27-16-8-4-12-23(27)33)21-19-30-32-31(20-21)37-29-18-10-6-14-25(29)34(32)24-13-5-9-17-28(24)36-30/h3-20H,1-2H3. The highest BCUT2D eigenvalue weighted by molar-refractivity contribution is 6.98. The Kier molecular flexibility index (Phi) is 4.09. The van der Waals surface area contributed by atoms with Gasteiger partial charge in [0.25, 0.3) is 6.71 Å². The third-order valence-corrected chi connectivity index (χ3v) is 8.17. The Hall–Kier alpha value is -4.44. The maximum absolute atomic E-state index is 6.58. The maximum Gasteiger partial charge on any atom is 0.260 e. The fourth-order valence-corrected chi connectivity index (χ4v) is 6.46. The first-order valence-corrected chi connectivity index (χ1v) is 12.8. The summed E-state index contributed by atoms with van der Waals surface area (Å²) in [6, 6.07) is 38.5. The van der Waals surface area contributed by atoms with Gasteiger partial charge in [0.05, 0.1) is 17.1 Å². The minimum Gasteiger partial charge on any atom is -0.458 e. The molecule has 176 valence electrons. The average molecular weight is 477 g/mol. The second-order valence-electron chi connectivity index (χ2n) is 10.6. The van der Waals surface area contributed by atoms with E-state index in [1.807, 2.05) is 12.1 Å². The Morgan fingerprint density at radius 2 is 1.03 bits per heavy atom. The predicted molar refractivity (Wildman–Crippen MR) is 151 cm³/mol. The topological polar surface area (TPSA) is 21.7 Å². The molecule has 0 aliphatic carbocycles. The zero-order valence-corrected chi connectivity index (χ0v) is 20.7. The molecule has 0 saturated heterocycles. The summed E-state index contributed by atoms with van der Waals surface area (Å²) < 4.78 is 13.2. The van der Waals surface area contributed by atoms with Crippen molar-refractivity contribution >= 4 is 40.2 Å². The van der Waals surface area contributed by atoms with Crippen LogP contribution in [-0.2, 0) is 5.41 Å². The SMILES string of the molecule is CC1(C)c2ccccc2N(c2cc3c4c(c2)Oc2ccccc2B4c2ccccc2O3)c2ccccc21. The van der Waals surface area contributed by atoms with Gasteiger partial charge in [0, 0.05) is 23.0 Å². The maximum atomic E-state index is 6.58. The zero-order valence-electron chi connectivity index (χ0n) is 20.7. The molecule has 0 spiro atoms. The molecule has 4 heteroatoms. The monoisotopic (exact) mass is 477 g/mol. The van der Waals surface area contributed by atoms with Crippen LogP contribution in [0.25, 0.3) is 0 Å². The third-order valence-electron chi connectivity index (χ3n) is 8.17. The van der Waals surface area contributed by atoms with Crippen LogP contribution in [0.3, 0.4) is 0 Å². The van der Waals surface area contributed by atoms with Gasteiger partial charge < -0.3 is 14.4 Å². The molecular formula is C33H24BNO2. The van der Waals surface area contributed by atoms with Crippen LogP contribution in [0.4, 0.5) is 17.1 Å². The molecular weight excluding hydrogens is 453 g/mol. The van der Waals surface area contributed by atoms with Gasteiger partial charge >= 0.3 is 0 Å². The summed E-state index contributed by atoms with van der Waals surface area (Å²) in [6.45, 7) is 4.70. The van der Waals surface area contributed by atoms with E-state index in [4.69, 9.17) is 9.47 Å². The molecule has 3 aliphatic heterocycles. The molecule has 0 aromatic heterocycles. The van der Waals surface area contributed by atoms with E-state index >= 15 is 0 Å². The molecule has 5 aromatic rings. The van der Waals surface area contributed by atoms with Crippen LogP contribution >= 0.6 is 0 Å². The number of hydrogen-bond acceptors (Lipinski definition) is 3. The van der Waals surface area contributed by atoms with Crippen LogP contribution < -0.4 is 30.8 Å². The smallest absolute Gasteiger partial charge is 0.260 e. The number of benzene rings is 5. The van der Waals surface area contributed by atoms with Crippen LogP contribution in [0.1, 0.15) is 25.0 Å². The van der Waals surface area contributed by atoms with Gasteiger partial charge in [0.1, 0.15) is 23.0 Å². The van der Waals surface area contributed by atoms with E-state index in [-0.39, 0.29) is 12.1 Å². The molecule has 0 amide bonds. The molecule has 3 heterocycles. The van der Waals surface area contributed by atoms with Gasteiger partial charge in [-0.3, -0.25) is 0 Å². The molecule has 3 nitrogen and oxygen atoms in total. The fourth-order valence-electron chi connectivity index (χ4n) is 6.46. The summed E-state index contributed by atoms with van der Waals surface area (Å²) in [5, 5.41) is 0. The van der Waals surface area contributed by atoms with E-state index in [0.29, 0.717) is 0 Å². The van der Waals surface area contributed by atoms with Gasteiger partial charge in [0.15, 0.2) is 0 Å². The number of para-hydroxylation sites is 4. The van der Waals surface area contributed by atoms with Gasteiger partial charge in [-0.2, -0.15) is 0 Å². The van der Waals surface area contributed by atoms with Gasteiger partial charge in [-0.1, -0.05) is 86.6 Å². The molecule has 8 rings (SSSR count). The summed E-state index contributed by atoms with van der Waals surface area (Å²) >= 11 is 0. The Balaban J connectivity index is 1.39. The zero-order chi connectivity index (χ0) is 24.7. The Morgan fingerprint density at radius 1 is 0.568 bits per heavy atom. The van der Waals surface area contributed by atoms with Gasteiger partial charge in [0.2, 0.25) is 0 Å². The van der Waals surface area contributed by atoms with E-state index in [1.54, 1.807) is 0 Å². The summed E-state index contributed by atoms with van der Waals surface area (Å²) in [4.78, 5) is 2.36. The highest BCUT2D eigenvalue weighted by Crippen LogP contribution is 2.52. The third kappa shape index (κ3) is 2.78. The highest BCUT2D eigenvalue weighted by Gasteiger charge is 2.42. The van der Waals surface area contributed by atoms with Gasteiger partial charge in [-0.05, 0) is 46.3 Å². The Morgan fingerprint density at radius 3 is 1.57 bits per heavy atom. The van der Waals surface area contributed by atoms with Crippen molar-refractivity contribution in [3.63, 3.8) is 0 Å². The van der Waals surface area contributed by atoms with E-state index in [0.717, 1.165) is 34.1 Å². The molecule has 0 saturated carbocycles. The number of rotatable bonds is 1. The number of nitrogens with zero attached hydrogens (tertiary/aromatic N) is 1. The van der Waals surface area contributed by atoms with Crippen molar-refractivity contribution in [2.75, 3.05) is 4.90 Å². The highest BCUT2D eigenvalue weighted by atomic mass is 16.5. The fraction of sp³-hybridized carbons (Fsp3) is 0.0909. The van der Waals surface area contributed by atoms with E-state index < -0.39 is 0 Å². The number of ether oxygens (including phenoxy) is 2. The Labute approximate surface area is 217 Å². The van der Waals surface area contributed by atoms with Gasteiger partial charge in [-0.25, -0.2) is 0 Å². The van der Waals surface area contributed by atoms with Crippen molar-refractivity contribution in [1.82, 2.24) is 0 Å². The average Bonchev–Trinajstić information content (AvgIpc) is 2.93. The van der Waals surface area contributed by atoms with Crippen LogP contribution in [0, 0.1) is 0 Å². The summed E-state index contributed by atoms with van der Waals surface area (Å²) in [5.41, 5.74) is 9.34. The largest absolute Gasteiger partial charge is 0.458 e. The lowest BCUT2D eigenvalue weighted by molar-refractivity contribution is 0.464. The molecule has 0 radical (unpaired) electrons. The first-order chi connectivity index (χ1) is 18.1. The normalized spacial score (nSPS) is 15.3. The summed E-state index contributed by atoms with van der Waals surface area (Å²) in [7, 11) is 0. The second-order valence-corrected chi connectivity index (χ2v) is 10.6. The lowest BCUT2D eigenvalue weighted by Crippen LogP contribution is -2.57. The van der Waals surface area contributed by atoms with Crippen LogP contribution in [0.5, 0.6) is 23.0 Å².